The summed E-state index contributed by atoms with van der Waals surface area (Å²) in [5.74, 6) is 0.752. The molecule has 102 valence electrons. The Labute approximate surface area is 127 Å². The maximum atomic E-state index is 6.21. The van der Waals surface area contributed by atoms with Crippen molar-refractivity contribution in [1.29, 1.82) is 0 Å². The van der Waals surface area contributed by atoms with Gasteiger partial charge >= 0.3 is 0 Å². The van der Waals surface area contributed by atoms with Crippen LogP contribution in [0.4, 0.5) is 0 Å². The van der Waals surface area contributed by atoms with E-state index in [0.717, 1.165) is 22.3 Å². The summed E-state index contributed by atoms with van der Waals surface area (Å²) in [7, 11) is 0. The van der Waals surface area contributed by atoms with Crippen molar-refractivity contribution in [1.82, 2.24) is 0 Å². The summed E-state index contributed by atoms with van der Waals surface area (Å²) in [5, 5.41) is 2.37. The second-order valence-electron chi connectivity index (χ2n) is 4.73. The topological polar surface area (TPSA) is 39.2 Å². The maximum Gasteiger partial charge on any atom is 0.134 e. The van der Waals surface area contributed by atoms with Crippen molar-refractivity contribution in [3.8, 4) is 0 Å². The standard InChI is InChI=1S/C16H13Cl2NO/c17-12-5-6-13(18)11(7-12)8-14(19)16-9-10-3-1-2-4-15(10)20-16/h1-7,9,14H,8,19H2. The summed E-state index contributed by atoms with van der Waals surface area (Å²) in [5.41, 5.74) is 7.98. The van der Waals surface area contributed by atoms with Crippen LogP contribution >= 0.6 is 23.2 Å². The monoisotopic (exact) mass is 305 g/mol. The molecule has 0 fully saturated rings. The number of rotatable bonds is 3. The van der Waals surface area contributed by atoms with Crippen molar-refractivity contribution >= 4 is 34.2 Å². The molecule has 0 saturated heterocycles. The van der Waals surface area contributed by atoms with Gasteiger partial charge in [-0.25, -0.2) is 0 Å². The number of hydrogen-bond acceptors (Lipinski definition) is 2. The van der Waals surface area contributed by atoms with Crippen LogP contribution in [0.3, 0.4) is 0 Å². The van der Waals surface area contributed by atoms with Crippen LogP contribution < -0.4 is 5.73 Å². The number of para-hydroxylation sites is 1. The van der Waals surface area contributed by atoms with E-state index in [0.29, 0.717) is 16.5 Å². The highest BCUT2D eigenvalue weighted by Crippen LogP contribution is 2.28. The second-order valence-corrected chi connectivity index (χ2v) is 5.58. The molecule has 1 atom stereocenters. The molecule has 1 heterocycles. The molecule has 2 N–H and O–H groups in total. The van der Waals surface area contributed by atoms with Gasteiger partial charge in [0.2, 0.25) is 0 Å². The second kappa shape index (κ2) is 5.49. The summed E-state index contributed by atoms with van der Waals surface area (Å²) in [6, 6.07) is 14.9. The molecule has 20 heavy (non-hydrogen) atoms. The molecule has 0 bridgehead atoms. The number of furan rings is 1. The third-order valence-electron chi connectivity index (χ3n) is 3.26. The molecule has 0 aliphatic carbocycles. The van der Waals surface area contributed by atoms with Gasteiger partial charge in [0.1, 0.15) is 11.3 Å². The minimum Gasteiger partial charge on any atom is -0.459 e. The predicted molar refractivity (Wildman–Crippen MR) is 83.3 cm³/mol. The van der Waals surface area contributed by atoms with Crippen LogP contribution in [0.2, 0.25) is 10.0 Å². The van der Waals surface area contributed by atoms with E-state index in [1.54, 1.807) is 12.1 Å². The van der Waals surface area contributed by atoms with Crippen molar-refractivity contribution in [2.24, 2.45) is 5.73 Å². The van der Waals surface area contributed by atoms with Gasteiger partial charge in [-0.3, -0.25) is 0 Å². The molecular formula is C16H13Cl2NO. The lowest BCUT2D eigenvalue weighted by Crippen LogP contribution is -2.12. The van der Waals surface area contributed by atoms with Gasteiger partial charge in [0, 0.05) is 15.4 Å². The van der Waals surface area contributed by atoms with Crippen LogP contribution in [0.5, 0.6) is 0 Å². The first-order valence-electron chi connectivity index (χ1n) is 6.31. The van der Waals surface area contributed by atoms with Gasteiger partial charge in [0.15, 0.2) is 0 Å². The molecule has 3 aromatic rings. The number of fused-ring (bicyclic) bond motifs is 1. The van der Waals surface area contributed by atoms with Gasteiger partial charge in [-0.2, -0.15) is 0 Å². The van der Waals surface area contributed by atoms with E-state index >= 15 is 0 Å². The van der Waals surface area contributed by atoms with Crippen molar-refractivity contribution in [2.45, 2.75) is 12.5 Å². The number of benzene rings is 2. The number of halogens is 2. The van der Waals surface area contributed by atoms with E-state index in [1.165, 1.54) is 0 Å². The predicted octanol–water partition coefficient (Wildman–Crippen LogP) is 4.98. The molecule has 2 aromatic carbocycles. The fourth-order valence-corrected chi connectivity index (χ4v) is 2.61. The Morgan fingerprint density at radius 3 is 2.65 bits per heavy atom. The summed E-state index contributed by atoms with van der Waals surface area (Å²) in [4.78, 5) is 0. The molecule has 0 saturated carbocycles. The fraction of sp³-hybridized carbons (Fsp3) is 0.125. The summed E-state index contributed by atoms with van der Waals surface area (Å²) in [6.07, 6.45) is 0.583. The highest BCUT2D eigenvalue weighted by atomic mass is 35.5. The van der Waals surface area contributed by atoms with Crippen LogP contribution in [0, 0.1) is 0 Å². The Morgan fingerprint density at radius 1 is 1.05 bits per heavy atom. The molecule has 0 aliphatic rings. The van der Waals surface area contributed by atoms with Gasteiger partial charge in [-0.15, -0.1) is 0 Å². The fourth-order valence-electron chi connectivity index (χ4n) is 2.22. The van der Waals surface area contributed by atoms with Gasteiger partial charge in [-0.05, 0) is 42.3 Å². The van der Waals surface area contributed by atoms with Crippen LogP contribution in [-0.2, 0) is 6.42 Å². The maximum absolute atomic E-state index is 6.21. The third kappa shape index (κ3) is 2.68. The molecule has 2 nitrogen and oxygen atoms in total. The molecule has 0 amide bonds. The van der Waals surface area contributed by atoms with E-state index in [-0.39, 0.29) is 6.04 Å². The number of nitrogens with two attached hydrogens (primary N) is 1. The smallest absolute Gasteiger partial charge is 0.134 e. The Bertz CT molecular complexity index is 718. The zero-order valence-electron chi connectivity index (χ0n) is 10.6. The van der Waals surface area contributed by atoms with Crippen LogP contribution in [-0.4, -0.2) is 0 Å². The average Bonchev–Trinajstić information content (AvgIpc) is 2.87. The average molecular weight is 306 g/mol. The number of hydrogen-bond donors (Lipinski definition) is 1. The third-order valence-corrected chi connectivity index (χ3v) is 3.86. The summed E-state index contributed by atoms with van der Waals surface area (Å²) in [6.45, 7) is 0. The molecule has 0 radical (unpaired) electrons. The lowest BCUT2D eigenvalue weighted by Gasteiger charge is -2.10. The molecule has 1 aromatic heterocycles. The summed E-state index contributed by atoms with van der Waals surface area (Å²) < 4.78 is 5.77. The van der Waals surface area contributed by atoms with Crippen molar-refractivity contribution in [3.05, 3.63) is 69.9 Å². The Balaban J connectivity index is 1.88. The molecule has 3 rings (SSSR count). The minimum absolute atomic E-state index is 0.252. The van der Waals surface area contributed by atoms with Gasteiger partial charge in [-0.1, -0.05) is 41.4 Å². The van der Waals surface area contributed by atoms with Crippen LogP contribution in [0.1, 0.15) is 17.4 Å². The van der Waals surface area contributed by atoms with Gasteiger partial charge < -0.3 is 10.2 Å². The van der Waals surface area contributed by atoms with E-state index in [4.69, 9.17) is 33.4 Å². The highest BCUT2D eigenvalue weighted by Gasteiger charge is 2.14. The van der Waals surface area contributed by atoms with Crippen LogP contribution in [0.25, 0.3) is 11.0 Å². The quantitative estimate of drug-likeness (QED) is 0.741. The lowest BCUT2D eigenvalue weighted by molar-refractivity contribution is 0.494. The van der Waals surface area contributed by atoms with Crippen molar-refractivity contribution in [2.75, 3.05) is 0 Å². The normalized spacial score (nSPS) is 12.8. The molecular weight excluding hydrogens is 293 g/mol. The minimum atomic E-state index is -0.252. The highest BCUT2D eigenvalue weighted by molar-refractivity contribution is 6.33. The Hall–Kier alpha value is -1.48. The molecule has 1 unspecified atom stereocenters. The SMILES string of the molecule is NC(Cc1cc(Cl)ccc1Cl)c1cc2ccccc2o1. The first-order valence-corrected chi connectivity index (χ1v) is 7.07. The van der Waals surface area contributed by atoms with Crippen molar-refractivity contribution < 1.29 is 4.42 Å². The first kappa shape index (κ1) is 13.5. The first-order chi connectivity index (χ1) is 9.63. The van der Waals surface area contributed by atoms with Crippen LogP contribution in [0.15, 0.2) is 52.9 Å². The van der Waals surface area contributed by atoms with Gasteiger partial charge in [0.05, 0.1) is 6.04 Å². The molecule has 4 heteroatoms. The van der Waals surface area contributed by atoms with E-state index in [1.807, 2.05) is 36.4 Å². The van der Waals surface area contributed by atoms with E-state index in [9.17, 15) is 0 Å². The van der Waals surface area contributed by atoms with Gasteiger partial charge in [0.25, 0.3) is 0 Å². The zero-order valence-corrected chi connectivity index (χ0v) is 12.2. The Morgan fingerprint density at radius 2 is 1.85 bits per heavy atom. The zero-order chi connectivity index (χ0) is 14.1. The lowest BCUT2D eigenvalue weighted by atomic mass is 10.0. The Kier molecular flexibility index (Phi) is 3.70. The summed E-state index contributed by atoms with van der Waals surface area (Å²) >= 11 is 12.1. The molecule has 0 aliphatic heterocycles. The van der Waals surface area contributed by atoms with E-state index in [2.05, 4.69) is 0 Å². The molecule has 0 spiro atoms. The largest absolute Gasteiger partial charge is 0.459 e. The van der Waals surface area contributed by atoms with Crippen molar-refractivity contribution in [3.63, 3.8) is 0 Å². The van der Waals surface area contributed by atoms with E-state index < -0.39 is 0 Å².